The lowest BCUT2D eigenvalue weighted by Gasteiger charge is -2.20. The van der Waals surface area contributed by atoms with Crippen molar-refractivity contribution in [3.8, 4) is 11.4 Å². The van der Waals surface area contributed by atoms with Crippen LogP contribution in [0.2, 0.25) is 0 Å². The monoisotopic (exact) mass is 460 g/mol. The van der Waals surface area contributed by atoms with Crippen LogP contribution in [0.5, 0.6) is 5.75 Å². The summed E-state index contributed by atoms with van der Waals surface area (Å²) in [5.74, 6) is 0.249. The van der Waals surface area contributed by atoms with Crippen LogP contribution >= 0.6 is 0 Å². The van der Waals surface area contributed by atoms with Crippen molar-refractivity contribution in [2.45, 2.75) is 33.2 Å². The van der Waals surface area contributed by atoms with Crippen LogP contribution in [0.3, 0.4) is 0 Å². The van der Waals surface area contributed by atoms with Crippen molar-refractivity contribution in [1.82, 2.24) is 20.0 Å². The summed E-state index contributed by atoms with van der Waals surface area (Å²) in [5, 5.41) is 7.68. The summed E-state index contributed by atoms with van der Waals surface area (Å²) in [4.78, 5) is 26.2. The van der Waals surface area contributed by atoms with Crippen molar-refractivity contribution in [3.63, 3.8) is 0 Å². The number of ether oxygens (including phenoxy) is 1. The van der Waals surface area contributed by atoms with Crippen molar-refractivity contribution in [3.05, 3.63) is 83.2 Å². The first-order chi connectivity index (χ1) is 16.3. The molecule has 1 atom stereocenters. The second kappa shape index (κ2) is 11.3. The van der Waals surface area contributed by atoms with Crippen LogP contribution in [0.1, 0.15) is 41.9 Å². The third-order valence-electron chi connectivity index (χ3n) is 5.62. The molecule has 0 radical (unpaired) electrons. The first-order valence-corrected chi connectivity index (χ1v) is 11.3. The SMILES string of the molecule is CCC(NC(=O)C=Cc1c(C)nn(-c2ccccc2)c1C)c1ccccc1OCC(=O)N(C)C. The third kappa shape index (κ3) is 5.92. The van der Waals surface area contributed by atoms with Gasteiger partial charge in [0.1, 0.15) is 5.75 Å². The molecule has 0 aliphatic rings. The van der Waals surface area contributed by atoms with E-state index in [4.69, 9.17) is 4.74 Å². The number of para-hydroxylation sites is 2. The molecule has 1 heterocycles. The number of hydrogen-bond donors (Lipinski definition) is 1. The van der Waals surface area contributed by atoms with Crippen LogP contribution in [0.4, 0.5) is 0 Å². The van der Waals surface area contributed by atoms with Gasteiger partial charge in [0.15, 0.2) is 6.61 Å². The lowest BCUT2D eigenvalue weighted by Crippen LogP contribution is -2.29. The average Bonchev–Trinajstić information content (AvgIpc) is 3.13. The highest BCUT2D eigenvalue weighted by molar-refractivity contribution is 5.92. The summed E-state index contributed by atoms with van der Waals surface area (Å²) in [7, 11) is 3.37. The van der Waals surface area contributed by atoms with Crippen molar-refractivity contribution in [1.29, 1.82) is 0 Å². The summed E-state index contributed by atoms with van der Waals surface area (Å²) >= 11 is 0. The van der Waals surface area contributed by atoms with Crippen LogP contribution in [-0.2, 0) is 9.59 Å². The van der Waals surface area contributed by atoms with E-state index in [1.54, 1.807) is 20.2 Å². The number of amides is 2. The maximum atomic E-state index is 12.8. The molecule has 0 aliphatic carbocycles. The van der Waals surface area contributed by atoms with Gasteiger partial charge in [-0.25, -0.2) is 4.68 Å². The molecule has 1 N–H and O–H groups in total. The molecule has 2 amide bonds. The van der Waals surface area contributed by atoms with E-state index in [0.717, 1.165) is 28.2 Å². The van der Waals surface area contributed by atoms with E-state index in [9.17, 15) is 9.59 Å². The van der Waals surface area contributed by atoms with Gasteiger partial charge < -0.3 is 15.0 Å². The minimum absolute atomic E-state index is 0.0573. The van der Waals surface area contributed by atoms with Gasteiger partial charge in [-0.2, -0.15) is 5.10 Å². The molecule has 0 aliphatic heterocycles. The Morgan fingerprint density at radius 3 is 2.44 bits per heavy atom. The molecule has 1 unspecified atom stereocenters. The molecule has 0 saturated heterocycles. The molecule has 0 fully saturated rings. The Kier molecular flexibility index (Phi) is 8.24. The highest BCUT2D eigenvalue weighted by Gasteiger charge is 2.17. The Hall–Kier alpha value is -3.87. The number of benzene rings is 2. The van der Waals surface area contributed by atoms with Gasteiger partial charge in [-0.05, 0) is 44.5 Å². The number of carbonyl (C=O) groups is 2. The second-order valence-electron chi connectivity index (χ2n) is 8.25. The Morgan fingerprint density at radius 1 is 1.09 bits per heavy atom. The molecule has 0 saturated carbocycles. The van der Waals surface area contributed by atoms with E-state index in [0.29, 0.717) is 12.2 Å². The molecule has 7 nitrogen and oxygen atoms in total. The maximum Gasteiger partial charge on any atom is 0.259 e. The number of nitrogens with zero attached hydrogens (tertiary/aromatic N) is 3. The Balaban J connectivity index is 1.74. The zero-order chi connectivity index (χ0) is 24.7. The Morgan fingerprint density at radius 2 is 1.76 bits per heavy atom. The number of carbonyl (C=O) groups excluding carboxylic acids is 2. The first-order valence-electron chi connectivity index (χ1n) is 11.3. The fraction of sp³-hybridized carbons (Fsp3) is 0.296. The van der Waals surface area contributed by atoms with E-state index in [-0.39, 0.29) is 24.5 Å². The van der Waals surface area contributed by atoms with Gasteiger partial charge in [-0.1, -0.05) is 43.3 Å². The van der Waals surface area contributed by atoms with Gasteiger partial charge in [0, 0.05) is 37.0 Å². The molecule has 3 rings (SSSR count). The number of nitrogens with one attached hydrogen (secondary N) is 1. The van der Waals surface area contributed by atoms with Gasteiger partial charge >= 0.3 is 0 Å². The topological polar surface area (TPSA) is 76.5 Å². The van der Waals surface area contributed by atoms with Crippen LogP contribution in [0, 0.1) is 13.8 Å². The number of hydrogen-bond acceptors (Lipinski definition) is 4. The van der Waals surface area contributed by atoms with E-state index in [1.807, 2.05) is 80.1 Å². The predicted molar refractivity (Wildman–Crippen MR) is 134 cm³/mol. The number of likely N-dealkylation sites (N-methyl/N-ethyl adjacent to an activating group) is 1. The summed E-state index contributed by atoms with van der Waals surface area (Å²) in [6, 6.07) is 17.1. The molecule has 2 aromatic carbocycles. The van der Waals surface area contributed by atoms with Crippen molar-refractivity contribution < 1.29 is 14.3 Å². The third-order valence-corrected chi connectivity index (χ3v) is 5.62. The number of aryl methyl sites for hydroxylation is 1. The second-order valence-corrected chi connectivity index (χ2v) is 8.25. The minimum Gasteiger partial charge on any atom is -0.483 e. The van der Waals surface area contributed by atoms with Gasteiger partial charge in [0.2, 0.25) is 5.91 Å². The molecule has 7 heteroatoms. The average molecular weight is 461 g/mol. The van der Waals surface area contributed by atoms with Crippen molar-refractivity contribution >= 4 is 17.9 Å². The lowest BCUT2D eigenvalue weighted by molar-refractivity contribution is -0.130. The van der Waals surface area contributed by atoms with E-state index in [1.165, 1.54) is 11.0 Å². The van der Waals surface area contributed by atoms with Crippen LogP contribution < -0.4 is 10.1 Å². The molecule has 1 aromatic heterocycles. The van der Waals surface area contributed by atoms with Gasteiger partial charge in [-0.15, -0.1) is 0 Å². The van der Waals surface area contributed by atoms with Crippen molar-refractivity contribution in [2.75, 3.05) is 20.7 Å². The van der Waals surface area contributed by atoms with Gasteiger partial charge in [0.05, 0.1) is 17.4 Å². The summed E-state index contributed by atoms with van der Waals surface area (Å²) < 4.78 is 7.64. The zero-order valence-corrected chi connectivity index (χ0v) is 20.4. The molecule has 0 spiro atoms. The van der Waals surface area contributed by atoms with Gasteiger partial charge in [-0.3, -0.25) is 9.59 Å². The standard InChI is InChI=1S/C27H32N4O3/c1-6-24(23-14-10-11-15-25(23)34-18-27(33)30(4)5)28-26(32)17-16-22-19(2)29-31(20(22)3)21-12-8-7-9-13-21/h7-17,24H,6,18H2,1-5H3,(H,28,32). The lowest BCUT2D eigenvalue weighted by atomic mass is 10.0. The largest absolute Gasteiger partial charge is 0.483 e. The first kappa shape index (κ1) is 24.8. The normalized spacial score (nSPS) is 11.9. The Bertz CT molecular complexity index is 1170. The smallest absolute Gasteiger partial charge is 0.259 e. The molecule has 34 heavy (non-hydrogen) atoms. The van der Waals surface area contributed by atoms with Crippen molar-refractivity contribution in [2.24, 2.45) is 0 Å². The molecule has 0 bridgehead atoms. The fourth-order valence-electron chi connectivity index (χ4n) is 3.66. The van der Waals surface area contributed by atoms with Gasteiger partial charge in [0.25, 0.3) is 5.91 Å². The molecular weight excluding hydrogens is 428 g/mol. The van der Waals surface area contributed by atoms with Crippen LogP contribution in [0.25, 0.3) is 11.8 Å². The molecule has 3 aromatic rings. The number of aromatic nitrogens is 2. The van der Waals surface area contributed by atoms with E-state index < -0.39 is 0 Å². The summed E-state index contributed by atoms with van der Waals surface area (Å²) in [6.07, 6.45) is 4.01. The molecule has 178 valence electrons. The fourth-order valence-corrected chi connectivity index (χ4v) is 3.66. The quantitative estimate of drug-likeness (QED) is 0.485. The Labute approximate surface area is 201 Å². The minimum atomic E-state index is -0.253. The predicted octanol–water partition coefficient (Wildman–Crippen LogP) is 4.24. The summed E-state index contributed by atoms with van der Waals surface area (Å²) in [5.41, 5.74) is 4.54. The zero-order valence-electron chi connectivity index (χ0n) is 20.4. The van der Waals surface area contributed by atoms with Crippen LogP contribution in [-0.4, -0.2) is 47.2 Å². The maximum absolute atomic E-state index is 12.8. The molecular formula is C27H32N4O3. The van der Waals surface area contributed by atoms with E-state index >= 15 is 0 Å². The van der Waals surface area contributed by atoms with E-state index in [2.05, 4.69) is 10.4 Å². The number of rotatable bonds is 9. The van der Waals surface area contributed by atoms with Crippen LogP contribution in [0.15, 0.2) is 60.7 Å². The highest BCUT2D eigenvalue weighted by Crippen LogP contribution is 2.27. The summed E-state index contributed by atoms with van der Waals surface area (Å²) in [6.45, 7) is 5.86. The highest BCUT2D eigenvalue weighted by atomic mass is 16.5.